The Morgan fingerprint density at radius 1 is 1.05 bits per heavy atom. The first kappa shape index (κ1) is 24.9. The van der Waals surface area contributed by atoms with Crippen LogP contribution >= 0.6 is 0 Å². The van der Waals surface area contributed by atoms with Gasteiger partial charge in [-0.2, -0.15) is 0 Å². The highest BCUT2D eigenvalue weighted by atomic mass is 32.2. The summed E-state index contributed by atoms with van der Waals surface area (Å²) in [5.41, 5.74) is 5.28. The van der Waals surface area contributed by atoms with E-state index in [1.807, 2.05) is 74.1 Å². The van der Waals surface area contributed by atoms with E-state index < -0.39 is 10.0 Å². The third kappa shape index (κ3) is 5.21. The minimum Gasteiger partial charge on any atom is -0.337 e. The summed E-state index contributed by atoms with van der Waals surface area (Å²) in [7, 11) is -1.79. The van der Waals surface area contributed by atoms with Gasteiger partial charge in [0.15, 0.2) is 0 Å². The van der Waals surface area contributed by atoms with Crippen molar-refractivity contribution in [2.24, 2.45) is 7.05 Å². The Hall–Kier alpha value is -3.75. The smallest absolute Gasteiger partial charge is 0.258 e. The molecule has 1 atom stereocenters. The van der Waals surface area contributed by atoms with Crippen LogP contribution in [0.15, 0.2) is 84.0 Å². The second-order valence-electron chi connectivity index (χ2n) is 9.62. The van der Waals surface area contributed by atoms with Crippen molar-refractivity contribution < 1.29 is 13.2 Å². The van der Waals surface area contributed by atoms with Gasteiger partial charge in [0.1, 0.15) is 5.82 Å². The lowest BCUT2D eigenvalue weighted by Crippen LogP contribution is -2.32. The fourth-order valence-corrected chi connectivity index (χ4v) is 6.01. The molecule has 0 saturated carbocycles. The van der Waals surface area contributed by atoms with Crippen molar-refractivity contribution in [3.8, 4) is 0 Å². The van der Waals surface area contributed by atoms with Gasteiger partial charge in [-0.1, -0.05) is 41.5 Å². The van der Waals surface area contributed by atoms with E-state index in [-0.39, 0.29) is 23.4 Å². The molecule has 0 bridgehead atoms. The number of hydrogen-bond acceptors (Lipinski definition) is 4. The van der Waals surface area contributed by atoms with E-state index in [0.29, 0.717) is 17.7 Å². The van der Waals surface area contributed by atoms with Crippen LogP contribution in [-0.2, 0) is 30.0 Å². The molecule has 1 unspecified atom stereocenters. The van der Waals surface area contributed by atoms with Crippen LogP contribution in [-0.4, -0.2) is 23.9 Å². The summed E-state index contributed by atoms with van der Waals surface area (Å²) >= 11 is 0. The number of rotatable bonds is 7. The molecule has 1 aliphatic rings. The van der Waals surface area contributed by atoms with Crippen molar-refractivity contribution in [1.29, 1.82) is 0 Å². The minimum atomic E-state index is -3.69. The fourth-order valence-electron chi connectivity index (χ4n) is 4.76. The highest BCUT2D eigenvalue weighted by Gasteiger charge is 2.29. The first-order chi connectivity index (χ1) is 17.7. The molecule has 8 heteroatoms. The van der Waals surface area contributed by atoms with Crippen molar-refractivity contribution in [3.63, 3.8) is 0 Å². The van der Waals surface area contributed by atoms with Crippen LogP contribution < -0.4 is 9.62 Å². The standard InChI is InChI=1S/C29H30N4O3S/c1-20-7-12-25(13-8-20)37(35,36)31-27-14-10-22-9-11-24(18-26(22)27)33(19-28-30-15-16-32(28)3)29(34)23-6-4-5-21(2)17-23/h4-9,11-13,15-18,27,31H,10,14,19H2,1-3H3. The average Bonchev–Trinajstić information content (AvgIpc) is 3.47. The summed E-state index contributed by atoms with van der Waals surface area (Å²) in [4.78, 5) is 20.1. The van der Waals surface area contributed by atoms with Crippen LogP contribution in [0.25, 0.3) is 0 Å². The Bertz CT molecular complexity index is 1560. The summed E-state index contributed by atoms with van der Waals surface area (Å²) in [5.74, 6) is 0.611. The van der Waals surface area contributed by atoms with E-state index in [1.165, 1.54) is 0 Å². The molecule has 0 fully saturated rings. The third-order valence-corrected chi connectivity index (χ3v) is 8.37. The van der Waals surface area contributed by atoms with E-state index in [4.69, 9.17) is 0 Å². The zero-order chi connectivity index (χ0) is 26.2. The number of anilines is 1. The highest BCUT2D eigenvalue weighted by molar-refractivity contribution is 7.89. The highest BCUT2D eigenvalue weighted by Crippen LogP contribution is 2.36. The van der Waals surface area contributed by atoms with Crippen molar-refractivity contribution in [2.75, 3.05) is 4.90 Å². The summed E-state index contributed by atoms with van der Waals surface area (Å²) in [6, 6.07) is 19.9. The molecule has 4 aromatic rings. The molecule has 5 rings (SSSR count). The van der Waals surface area contributed by atoms with E-state index >= 15 is 0 Å². The van der Waals surface area contributed by atoms with Gasteiger partial charge in [-0.05, 0) is 74.2 Å². The fraction of sp³-hybridized carbons (Fsp3) is 0.241. The van der Waals surface area contributed by atoms with Crippen molar-refractivity contribution in [1.82, 2.24) is 14.3 Å². The van der Waals surface area contributed by atoms with Crippen LogP contribution in [0.1, 0.15) is 50.9 Å². The van der Waals surface area contributed by atoms with Gasteiger partial charge in [0.2, 0.25) is 10.0 Å². The third-order valence-electron chi connectivity index (χ3n) is 6.88. The van der Waals surface area contributed by atoms with Crippen LogP contribution in [0.2, 0.25) is 0 Å². The number of amides is 1. The Morgan fingerprint density at radius 2 is 1.84 bits per heavy atom. The number of aryl methyl sites for hydroxylation is 4. The first-order valence-electron chi connectivity index (χ1n) is 12.3. The number of benzene rings is 3. The molecule has 1 N–H and O–H groups in total. The topological polar surface area (TPSA) is 84.3 Å². The number of aromatic nitrogens is 2. The summed E-state index contributed by atoms with van der Waals surface area (Å²) in [6.07, 6.45) is 4.99. The number of imidazole rings is 1. The maximum absolute atomic E-state index is 13.7. The number of hydrogen-bond donors (Lipinski definition) is 1. The normalized spacial score (nSPS) is 14.9. The predicted molar refractivity (Wildman–Crippen MR) is 144 cm³/mol. The summed E-state index contributed by atoms with van der Waals surface area (Å²) in [6.45, 7) is 4.17. The van der Waals surface area contributed by atoms with E-state index in [0.717, 1.165) is 34.5 Å². The van der Waals surface area contributed by atoms with Gasteiger partial charge in [0.05, 0.1) is 11.4 Å². The molecular weight excluding hydrogens is 484 g/mol. The van der Waals surface area contributed by atoms with Crippen LogP contribution in [0, 0.1) is 13.8 Å². The second kappa shape index (κ2) is 9.95. The molecule has 1 aliphatic carbocycles. The molecule has 37 heavy (non-hydrogen) atoms. The SMILES string of the molecule is Cc1ccc(S(=O)(=O)NC2CCc3ccc(N(Cc4nccn4C)C(=O)c4cccc(C)c4)cc32)cc1. The molecule has 0 spiro atoms. The monoisotopic (exact) mass is 514 g/mol. The molecule has 3 aromatic carbocycles. The molecule has 0 radical (unpaired) electrons. The first-order valence-corrected chi connectivity index (χ1v) is 13.8. The number of fused-ring (bicyclic) bond motifs is 1. The zero-order valence-electron chi connectivity index (χ0n) is 21.2. The van der Waals surface area contributed by atoms with Gasteiger partial charge in [-0.25, -0.2) is 18.1 Å². The maximum atomic E-state index is 13.7. The minimum absolute atomic E-state index is 0.138. The number of carbonyl (C=O) groups is 1. The molecule has 190 valence electrons. The number of sulfonamides is 1. The van der Waals surface area contributed by atoms with E-state index in [1.54, 1.807) is 35.4 Å². The molecule has 0 aliphatic heterocycles. The summed E-state index contributed by atoms with van der Waals surface area (Å²) < 4.78 is 31.0. The molecule has 7 nitrogen and oxygen atoms in total. The second-order valence-corrected chi connectivity index (χ2v) is 11.3. The van der Waals surface area contributed by atoms with E-state index in [9.17, 15) is 13.2 Å². The van der Waals surface area contributed by atoms with Gasteiger partial charge >= 0.3 is 0 Å². The van der Waals surface area contributed by atoms with Gasteiger partial charge in [-0.3, -0.25) is 4.79 Å². The van der Waals surface area contributed by atoms with E-state index in [2.05, 4.69) is 9.71 Å². The Kier molecular flexibility index (Phi) is 6.70. The quantitative estimate of drug-likeness (QED) is 0.382. The maximum Gasteiger partial charge on any atom is 0.258 e. The average molecular weight is 515 g/mol. The van der Waals surface area contributed by atoms with Gasteiger partial charge in [0, 0.05) is 36.7 Å². The molecule has 1 heterocycles. The van der Waals surface area contributed by atoms with Gasteiger partial charge in [0.25, 0.3) is 5.91 Å². The Balaban J connectivity index is 1.49. The van der Waals surface area contributed by atoms with Crippen LogP contribution in [0.4, 0.5) is 5.69 Å². The lowest BCUT2D eigenvalue weighted by molar-refractivity contribution is 0.0984. The van der Waals surface area contributed by atoms with Gasteiger partial charge in [-0.15, -0.1) is 0 Å². The van der Waals surface area contributed by atoms with Crippen molar-refractivity contribution in [2.45, 2.75) is 44.2 Å². The number of carbonyl (C=O) groups excluding carboxylic acids is 1. The van der Waals surface area contributed by atoms with Gasteiger partial charge < -0.3 is 9.47 Å². The Labute approximate surface area is 217 Å². The molecule has 1 amide bonds. The largest absolute Gasteiger partial charge is 0.337 e. The molecule has 0 saturated heterocycles. The number of nitrogens with one attached hydrogen (secondary N) is 1. The van der Waals surface area contributed by atoms with Crippen LogP contribution in [0.3, 0.4) is 0 Å². The number of nitrogens with zero attached hydrogens (tertiary/aromatic N) is 3. The lowest BCUT2D eigenvalue weighted by Gasteiger charge is -2.24. The lowest BCUT2D eigenvalue weighted by atomic mass is 10.1. The predicted octanol–water partition coefficient (Wildman–Crippen LogP) is 4.85. The molecular formula is C29H30N4O3S. The molecule has 1 aromatic heterocycles. The van der Waals surface area contributed by atoms with Crippen molar-refractivity contribution in [3.05, 3.63) is 113 Å². The van der Waals surface area contributed by atoms with Crippen molar-refractivity contribution >= 4 is 21.6 Å². The van der Waals surface area contributed by atoms with Crippen LogP contribution in [0.5, 0.6) is 0 Å². The zero-order valence-corrected chi connectivity index (χ0v) is 22.0. The Morgan fingerprint density at radius 3 is 2.54 bits per heavy atom. The summed E-state index contributed by atoms with van der Waals surface area (Å²) in [5, 5.41) is 0.